The first-order valence-corrected chi connectivity index (χ1v) is 7.62. The van der Waals surface area contributed by atoms with Crippen molar-refractivity contribution in [3.8, 4) is 5.75 Å². The van der Waals surface area contributed by atoms with Gasteiger partial charge in [-0.2, -0.15) is 4.98 Å². The topological polar surface area (TPSA) is 105 Å². The summed E-state index contributed by atoms with van der Waals surface area (Å²) in [6, 6.07) is 12.5. The van der Waals surface area contributed by atoms with Crippen molar-refractivity contribution in [2.75, 3.05) is 12.4 Å². The number of hydrogen-bond donors (Lipinski definition) is 3. The third-order valence-electron chi connectivity index (χ3n) is 3.93. The minimum Gasteiger partial charge on any atom is -0.497 e. The Bertz CT molecular complexity index is 1070. The van der Waals surface area contributed by atoms with Crippen molar-refractivity contribution in [2.24, 2.45) is 0 Å². The number of carboxylic acids is 1. The zero-order valence-electron chi connectivity index (χ0n) is 13.4. The summed E-state index contributed by atoms with van der Waals surface area (Å²) >= 11 is 0. The number of hydrogen-bond acceptors (Lipinski definition) is 5. The van der Waals surface area contributed by atoms with Gasteiger partial charge in [0.05, 0.1) is 23.7 Å². The number of nitrogens with one attached hydrogen (secondary N) is 2. The van der Waals surface area contributed by atoms with Gasteiger partial charge < -0.3 is 15.2 Å². The van der Waals surface area contributed by atoms with Gasteiger partial charge in [0.15, 0.2) is 0 Å². The number of rotatable bonds is 5. The monoisotopic (exact) mass is 337 g/mol. The smallest absolute Gasteiger partial charge is 0.335 e. The Labute approximate surface area is 142 Å². The van der Waals surface area contributed by atoms with Crippen LogP contribution < -0.4 is 10.1 Å². The Morgan fingerprint density at radius 1 is 1.24 bits per heavy atom. The van der Waals surface area contributed by atoms with Crippen LogP contribution in [0.4, 0.5) is 5.95 Å². The molecule has 8 nitrogen and oxygen atoms in total. The van der Waals surface area contributed by atoms with Crippen LogP contribution in [0.25, 0.3) is 16.8 Å². The summed E-state index contributed by atoms with van der Waals surface area (Å²) in [5, 5.41) is 15.4. The largest absolute Gasteiger partial charge is 0.497 e. The van der Waals surface area contributed by atoms with E-state index >= 15 is 0 Å². The van der Waals surface area contributed by atoms with Gasteiger partial charge in [-0.3, -0.25) is 5.10 Å². The number of ether oxygens (including phenoxy) is 1. The van der Waals surface area contributed by atoms with Crippen LogP contribution in [-0.4, -0.2) is 37.8 Å². The van der Waals surface area contributed by atoms with Crippen LogP contribution >= 0.6 is 0 Å². The van der Waals surface area contributed by atoms with Gasteiger partial charge in [0.1, 0.15) is 5.75 Å². The van der Waals surface area contributed by atoms with E-state index in [1.807, 2.05) is 24.3 Å². The summed E-state index contributed by atoms with van der Waals surface area (Å²) < 4.78 is 6.86. The fourth-order valence-corrected chi connectivity index (χ4v) is 2.62. The average Bonchev–Trinajstić information content (AvgIpc) is 3.17. The Balaban J connectivity index is 1.57. The van der Waals surface area contributed by atoms with Crippen LogP contribution in [0.2, 0.25) is 0 Å². The number of benzene rings is 2. The predicted molar refractivity (Wildman–Crippen MR) is 92.1 cm³/mol. The first kappa shape index (κ1) is 15.0. The van der Waals surface area contributed by atoms with Crippen LogP contribution in [-0.2, 0) is 6.54 Å². The summed E-state index contributed by atoms with van der Waals surface area (Å²) in [7, 11) is 1.63. The summed E-state index contributed by atoms with van der Waals surface area (Å²) in [4.78, 5) is 19.8. The van der Waals surface area contributed by atoms with Crippen LogP contribution in [0.5, 0.6) is 5.75 Å². The van der Waals surface area contributed by atoms with Gasteiger partial charge in [-0.05, 0) is 35.9 Å². The normalized spacial score (nSPS) is 11.1. The molecule has 0 saturated heterocycles. The van der Waals surface area contributed by atoms with Crippen LogP contribution in [0.1, 0.15) is 15.9 Å². The van der Waals surface area contributed by atoms with Gasteiger partial charge in [0.25, 0.3) is 5.78 Å². The van der Waals surface area contributed by atoms with Crippen LogP contribution in [0.15, 0.2) is 42.5 Å². The Hall–Kier alpha value is -3.55. The zero-order chi connectivity index (χ0) is 17.4. The number of imidazole rings is 1. The summed E-state index contributed by atoms with van der Waals surface area (Å²) in [6.45, 7) is 0.599. The number of fused-ring (bicyclic) bond motifs is 3. The van der Waals surface area contributed by atoms with E-state index in [-0.39, 0.29) is 5.56 Å². The highest BCUT2D eigenvalue weighted by Gasteiger charge is 2.12. The van der Waals surface area contributed by atoms with Crippen molar-refractivity contribution in [3.05, 3.63) is 53.6 Å². The van der Waals surface area contributed by atoms with Gasteiger partial charge in [0.2, 0.25) is 5.95 Å². The first-order valence-electron chi connectivity index (χ1n) is 7.62. The molecule has 2 aromatic carbocycles. The number of carbonyl (C=O) groups is 1. The van der Waals surface area contributed by atoms with Crippen LogP contribution in [0, 0.1) is 0 Å². The zero-order valence-corrected chi connectivity index (χ0v) is 13.4. The molecule has 126 valence electrons. The van der Waals surface area contributed by atoms with Gasteiger partial charge in [-0.1, -0.05) is 12.1 Å². The highest BCUT2D eigenvalue weighted by atomic mass is 16.5. The molecule has 0 unspecified atom stereocenters. The third-order valence-corrected chi connectivity index (χ3v) is 3.93. The second-order valence-corrected chi connectivity index (χ2v) is 5.53. The minimum absolute atomic E-state index is 0.200. The molecule has 0 aliphatic carbocycles. The molecule has 0 aliphatic rings. The Morgan fingerprint density at radius 2 is 2.04 bits per heavy atom. The maximum Gasteiger partial charge on any atom is 0.335 e. The molecule has 2 heterocycles. The minimum atomic E-state index is -0.978. The molecular formula is C17H15N5O3. The van der Waals surface area contributed by atoms with Crippen molar-refractivity contribution in [3.63, 3.8) is 0 Å². The van der Waals surface area contributed by atoms with Gasteiger partial charge in [0, 0.05) is 6.54 Å². The van der Waals surface area contributed by atoms with E-state index in [9.17, 15) is 4.79 Å². The van der Waals surface area contributed by atoms with Crippen LogP contribution in [0.3, 0.4) is 0 Å². The fraction of sp³-hybridized carbons (Fsp3) is 0.118. The van der Waals surface area contributed by atoms with E-state index in [0.29, 0.717) is 23.8 Å². The number of H-pyrrole nitrogens is 1. The van der Waals surface area contributed by atoms with Gasteiger partial charge >= 0.3 is 5.97 Å². The van der Waals surface area contributed by atoms with Crippen molar-refractivity contribution < 1.29 is 14.6 Å². The Kier molecular flexibility index (Phi) is 3.50. The summed E-state index contributed by atoms with van der Waals surface area (Å²) in [5.41, 5.74) is 2.64. The van der Waals surface area contributed by atoms with Gasteiger partial charge in [-0.25, -0.2) is 14.3 Å². The lowest BCUT2D eigenvalue weighted by molar-refractivity contribution is 0.0697. The number of aromatic amines is 1. The molecule has 0 saturated carbocycles. The summed E-state index contributed by atoms with van der Waals surface area (Å²) in [6.07, 6.45) is 0. The third kappa shape index (κ3) is 2.74. The SMILES string of the molecule is COc1ccc(CNc2nc3nc4cc(C(=O)O)ccc4n3[nH]2)cc1. The molecule has 2 aromatic heterocycles. The van der Waals surface area contributed by atoms with Gasteiger partial charge in [-0.15, -0.1) is 0 Å². The Morgan fingerprint density at radius 3 is 2.76 bits per heavy atom. The lowest BCUT2D eigenvalue weighted by Crippen LogP contribution is -2.01. The number of carboxylic acid groups (broad SMARTS) is 1. The van der Waals surface area contributed by atoms with E-state index in [2.05, 4.69) is 20.4 Å². The van der Waals surface area contributed by atoms with Crippen molar-refractivity contribution >= 4 is 28.7 Å². The van der Waals surface area contributed by atoms with Crippen molar-refractivity contribution in [1.29, 1.82) is 0 Å². The van der Waals surface area contributed by atoms with Crippen molar-refractivity contribution in [1.82, 2.24) is 19.6 Å². The first-order chi connectivity index (χ1) is 12.1. The fourth-order valence-electron chi connectivity index (χ4n) is 2.62. The maximum atomic E-state index is 11.0. The molecule has 0 radical (unpaired) electrons. The maximum absolute atomic E-state index is 11.0. The highest BCUT2D eigenvalue weighted by molar-refractivity contribution is 5.93. The standard InChI is InChI=1S/C17H15N5O3/c1-25-12-5-2-10(3-6-12)9-18-16-20-17-19-13-8-11(15(23)24)4-7-14(13)22(17)21-16/h2-8H,9H2,1H3,(H,23,24)(H2,18,19,20,21). The molecule has 0 spiro atoms. The average molecular weight is 337 g/mol. The molecule has 0 aliphatic heterocycles. The molecule has 0 amide bonds. The second-order valence-electron chi connectivity index (χ2n) is 5.53. The molecule has 8 heteroatoms. The van der Waals surface area contributed by atoms with E-state index in [4.69, 9.17) is 9.84 Å². The molecule has 0 bridgehead atoms. The number of nitrogens with zero attached hydrogens (tertiary/aromatic N) is 3. The number of methoxy groups -OCH3 is 1. The number of anilines is 1. The number of aromatic nitrogens is 4. The second kappa shape index (κ2) is 5.82. The molecule has 4 rings (SSSR count). The van der Waals surface area contributed by atoms with E-state index < -0.39 is 5.97 Å². The number of aromatic carboxylic acids is 1. The molecule has 25 heavy (non-hydrogen) atoms. The van der Waals surface area contributed by atoms with E-state index in [1.165, 1.54) is 6.07 Å². The molecule has 0 atom stereocenters. The lowest BCUT2D eigenvalue weighted by atomic mass is 10.2. The molecule has 4 aromatic rings. The van der Waals surface area contributed by atoms with E-state index in [0.717, 1.165) is 16.8 Å². The molecule has 0 fully saturated rings. The lowest BCUT2D eigenvalue weighted by Gasteiger charge is -2.04. The quantitative estimate of drug-likeness (QED) is 0.517. The molecular weight excluding hydrogens is 322 g/mol. The molecule has 3 N–H and O–H groups in total. The van der Waals surface area contributed by atoms with E-state index in [1.54, 1.807) is 23.8 Å². The summed E-state index contributed by atoms with van der Waals surface area (Å²) in [5.74, 6) is 0.901. The highest BCUT2D eigenvalue weighted by Crippen LogP contribution is 2.19. The predicted octanol–water partition coefficient (Wildman–Crippen LogP) is 2.53. The van der Waals surface area contributed by atoms with Crippen molar-refractivity contribution in [2.45, 2.75) is 6.54 Å².